The molecule has 1 aromatic carbocycles. The quantitative estimate of drug-likeness (QED) is 0.781. The van der Waals surface area contributed by atoms with Gasteiger partial charge in [0.05, 0.1) is 21.3 Å². The number of nitrogens with zero attached hydrogens (tertiary/aromatic N) is 1. The van der Waals surface area contributed by atoms with Gasteiger partial charge in [-0.2, -0.15) is 0 Å². The van der Waals surface area contributed by atoms with Gasteiger partial charge in [-0.25, -0.2) is 0 Å². The highest BCUT2D eigenvalue weighted by atomic mass is 16.5. The van der Waals surface area contributed by atoms with Crippen molar-refractivity contribution in [3.63, 3.8) is 0 Å². The Morgan fingerprint density at radius 2 is 1.62 bits per heavy atom. The summed E-state index contributed by atoms with van der Waals surface area (Å²) in [5.74, 6) is 0.955. The number of carbonyl (C=O) groups is 2. The summed E-state index contributed by atoms with van der Waals surface area (Å²) >= 11 is 0. The maximum absolute atomic E-state index is 12.3. The predicted molar refractivity (Wildman–Crippen MR) is 91.0 cm³/mol. The maximum atomic E-state index is 12.3. The summed E-state index contributed by atoms with van der Waals surface area (Å²) in [5, 5.41) is 2.79. The van der Waals surface area contributed by atoms with Gasteiger partial charge in [-0.3, -0.25) is 9.59 Å². The fraction of sp³-hybridized carbons (Fsp3) is 0.529. The molecule has 0 aliphatic heterocycles. The van der Waals surface area contributed by atoms with Crippen LogP contribution < -0.4 is 19.5 Å². The van der Waals surface area contributed by atoms with Crippen molar-refractivity contribution in [3.8, 4) is 17.2 Å². The largest absolute Gasteiger partial charge is 0.493 e. The maximum Gasteiger partial charge on any atom is 0.251 e. The number of ether oxygens (including phenoxy) is 3. The number of hydrogen-bond acceptors (Lipinski definition) is 5. The van der Waals surface area contributed by atoms with Gasteiger partial charge in [0.25, 0.3) is 5.91 Å². The molecule has 1 rings (SSSR count). The molecule has 2 amide bonds. The van der Waals surface area contributed by atoms with Crippen molar-refractivity contribution in [2.45, 2.75) is 26.8 Å². The minimum Gasteiger partial charge on any atom is -0.493 e. The van der Waals surface area contributed by atoms with Gasteiger partial charge in [0.2, 0.25) is 11.7 Å². The Bertz CT molecular complexity index is 561. The lowest BCUT2D eigenvalue weighted by molar-refractivity contribution is -0.130. The van der Waals surface area contributed by atoms with Gasteiger partial charge in [0, 0.05) is 31.6 Å². The van der Waals surface area contributed by atoms with Crippen LogP contribution in [0.15, 0.2) is 12.1 Å². The van der Waals surface area contributed by atoms with Gasteiger partial charge < -0.3 is 24.4 Å². The van der Waals surface area contributed by atoms with Crippen LogP contribution in [0, 0.1) is 0 Å². The van der Waals surface area contributed by atoms with Crippen LogP contribution in [0.3, 0.4) is 0 Å². The molecule has 0 aliphatic carbocycles. The monoisotopic (exact) mass is 338 g/mol. The van der Waals surface area contributed by atoms with E-state index in [1.807, 2.05) is 13.8 Å². The first-order valence-corrected chi connectivity index (χ1v) is 7.71. The Morgan fingerprint density at radius 3 is 2.00 bits per heavy atom. The molecule has 0 saturated heterocycles. The van der Waals surface area contributed by atoms with Crippen LogP contribution in [0.1, 0.15) is 31.1 Å². The lowest BCUT2D eigenvalue weighted by Gasteiger charge is -2.25. The average Bonchev–Trinajstić information content (AvgIpc) is 2.56. The fourth-order valence-electron chi connectivity index (χ4n) is 2.38. The smallest absolute Gasteiger partial charge is 0.251 e. The normalized spacial score (nSPS) is 10.3. The van der Waals surface area contributed by atoms with Gasteiger partial charge in [-0.15, -0.1) is 0 Å². The molecule has 0 spiro atoms. The third kappa shape index (κ3) is 4.78. The second kappa shape index (κ2) is 9.00. The van der Waals surface area contributed by atoms with E-state index in [1.165, 1.54) is 28.3 Å². The van der Waals surface area contributed by atoms with Crippen molar-refractivity contribution in [2.24, 2.45) is 0 Å². The van der Waals surface area contributed by atoms with E-state index in [-0.39, 0.29) is 17.9 Å². The first-order chi connectivity index (χ1) is 11.3. The molecular weight excluding hydrogens is 312 g/mol. The standard InChI is InChI=1S/C17H26N2O5/c1-11(2)19(12(3)20)8-7-18-17(21)13-9-14(22-4)16(24-6)15(10-13)23-5/h9-11H,7-8H2,1-6H3,(H,18,21). The first kappa shape index (κ1) is 19.6. The van der Waals surface area contributed by atoms with Crippen molar-refractivity contribution in [2.75, 3.05) is 34.4 Å². The SMILES string of the molecule is COc1cc(C(=O)NCCN(C(C)=O)C(C)C)cc(OC)c1OC. The zero-order valence-corrected chi connectivity index (χ0v) is 15.1. The molecule has 1 aromatic rings. The Kier molecular flexibility index (Phi) is 7.35. The molecule has 1 N–H and O–H groups in total. The topological polar surface area (TPSA) is 77.1 Å². The van der Waals surface area contributed by atoms with Gasteiger partial charge in [-0.05, 0) is 26.0 Å². The zero-order valence-electron chi connectivity index (χ0n) is 15.1. The van der Waals surface area contributed by atoms with Crippen molar-refractivity contribution >= 4 is 11.8 Å². The predicted octanol–water partition coefficient (Wildman–Crippen LogP) is 1.70. The molecule has 0 saturated carbocycles. The van der Waals surface area contributed by atoms with E-state index >= 15 is 0 Å². The van der Waals surface area contributed by atoms with Gasteiger partial charge in [0.1, 0.15) is 0 Å². The lowest BCUT2D eigenvalue weighted by atomic mass is 10.1. The Morgan fingerprint density at radius 1 is 1.08 bits per heavy atom. The van der Waals surface area contributed by atoms with Crippen LogP contribution in [-0.2, 0) is 4.79 Å². The summed E-state index contributed by atoms with van der Waals surface area (Å²) in [5.41, 5.74) is 0.392. The molecule has 7 heteroatoms. The number of benzene rings is 1. The van der Waals surface area contributed by atoms with Gasteiger partial charge in [0.15, 0.2) is 11.5 Å². The molecule has 0 aliphatic rings. The van der Waals surface area contributed by atoms with Crippen LogP contribution >= 0.6 is 0 Å². The van der Waals surface area contributed by atoms with E-state index in [2.05, 4.69) is 5.32 Å². The number of rotatable bonds is 8. The van der Waals surface area contributed by atoms with Crippen molar-refractivity contribution < 1.29 is 23.8 Å². The number of carbonyl (C=O) groups excluding carboxylic acids is 2. The molecule has 0 fully saturated rings. The van der Waals surface area contributed by atoms with Crippen molar-refractivity contribution in [3.05, 3.63) is 17.7 Å². The van der Waals surface area contributed by atoms with E-state index in [1.54, 1.807) is 17.0 Å². The average molecular weight is 338 g/mol. The number of methoxy groups -OCH3 is 3. The molecule has 0 radical (unpaired) electrons. The third-order valence-electron chi connectivity index (χ3n) is 3.59. The van der Waals surface area contributed by atoms with E-state index in [9.17, 15) is 9.59 Å². The van der Waals surface area contributed by atoms with Crippen LogP contribution in [0.2, 0.25) is 0 Å². The van der Waals surface area contributed by atoms with Crippen LogP contribution in [-0.4, -0.2) is 57.2 Å². The molecule has 0 atom stereocenters. The Balaban J connectivity index is 2.83. The minimum atomic E-state index is -0.276. The van der Waals surface area contributed by atoms with Crippen molar-refractivity contribution in [1.29, 1.82) is 0 Å². The van der Waals surface area contributed by atoms with Gasteiger partial charge >= 0.3 is 0 Å². The summed E-state index contributed by atoms with van der Waals surface area (Å²) in [7, 11) is 4.49. The number of nitrogens with one attached hydrogen (secondary N) is 1. The molecule has 7 nitrogen and oxygen atoms in total. The van der Waals surface area contributed by atoms with E-state index in [0.29, 0.717) is 35.9 Å². The molecule has 134 valence electrons. The number of amides is 2. The summed E-state index contributed by atoms with van der Waals surface area (Å²) in [6, 6.07) is 3.25. The van der Waals surface area contributed by atoms with Crippen LogP contribution in [0.5, 0.6) is 17.2 Å². The third-order valence-corrected chi connectivity index (χ3v) is 3.59. The summed E-state index contributed by atoms with van der Waals surface area (Å²) in [6.07, 6.45) is 0. The second-order valence-electron chi connectivity index (χ2n) is 5.48. The lowest BCUT2D eigenvalue weighted by Crippen LogP contribution is -2.41. The molecule has 0 aromatic heterocycles. The van der Waals surface area contributed by atoms with E-state index in [0.717, 1.165) is 0 Å². The van der Waals surface area contributed by atoms with Crippen molar-refractivity contribution in [1.82, 2.24) is 10.2 Å². The molecule has 0 bridgehead atoms. The highest BCUT2D eigenvalue weighted by Crippen LogP contribution is 2.38. The van der Waals surface area contributed by atoms with Gasteiger partial charge in [-0.1, -0.05) is 0 Å². The van der Waals surface area contributed by atoms with Crippen LogP contribution in [0.25, 0.3) is 0 Å². The van der Waals surface area contributed by atoms with E-state index in [4.69, 9.17) is 14.2 Å². The fourth-order valence-corrected chi connectivity index (χ4v) is 2.38. The summed E-state index contributed by atoms with van der Waals surface area (Å²) < 4.78 is 15.7. The first-order valence-electron chi connectivity index (χ1n) is 7.71. The highest BCUT2D eigenvalue weighted by molar-refractivity contribution is 5.95. The van der Waals surface area contributed by atoms with Crippen LogP contribution in [0.4, 0.5) is 0 Å². The summed E-state index contributed by atoms with van der Waals surface area (Å²) in [6.45, 7) is 6.18. The minimum absolute atomic E-state index is 0.0213. The summed E-state index contributed by atoms with van der Waals surface area (Å²) in [4.78, 5) is 25.6. The molecule has 0 unspecified atom stereocenters. The molecular formula is C17H26N2O5. The van der Waals surface area contributed by atoms with E-state index < -0.39 is 0 Å². The highest BCUT2D eigenvalue weighted by Gasteiger charge is 2.17. The molecule has 24 heavy (non-hydrogen) atoms. The Labute approximate surface area is 142 Å². The zero-order chi connectivity index (χ0) is 18.3. The number of hydrogen-bond donors (Lipinski definition) is 1. The Hall–Kier alpha value is -2.44. The molecule has 0 heterocycles. The second-order valence-corrected chi connectivity index (χ2v) is 5.48.